The summed E-state index contributed by atoms with van der Waals surface area (Å²) in [6, 6.07) is 26.1. The number of ether oxygens (including phenoxy) is 1. The van der Waals surface area contributed by atoms with Gasteiger partial charge in [0.05, 0.1) is 24.1 Å². The van der Waals surface area contributed by atoms with E-state index in [1.807, 2.05) is 91.1 Å². The van der Waals surface area contributed by atoms with Crippen molar-refractivity contribution in [1.82, 2.24) is 14.4 Å². The predicted octanol–water partition coefficient (Wildman–Crippen LogP) is 5.80. The highest BCUT2D eigenvalue weighted by Crippen LogP contribution is 2.33. The Morgan fingerprint density at radius 3 is 2.33 bits per heavy atom. The van der Waals surface area contributed by atoms with Crippen molar-refractivity contribution >= 4 is 5.91 Å². The molecule has 0 saturated carbocycles. The molecule has 0 aliphatic heterocycles. The van der Waals surface area contributed by atoms with Crippen LogP contribution in [0.1, 0.15) is 21.6 Å². The number of para-hydroxylation sites is 1. The molecule has 5 nitrogen and oxygen atoms in total. The number of benzene rings is 3. The first kappa shape index (κ1) is 25.2. The van der Waals surface area contributed by atoms with E-state index < -0.39 is 0 Å². The molecule has 1 amide bonds. The Bertz CT molecular complexity index is 1330. The topological polar surface area (TPSA) is 37.7 Å². The minimum absolute atomic E-state index is 0.0857. The normalized spacial score (nSPS) is 11.1. The molecule has 0 saturated heterocycles. The average molecular weight is 486 g/mol. The third-order valence-electron chi connectivity index (χ3n) is 6.26. The van der Waals surface area contributed by atoms with Crippen LogP contribution in [-0.4, -0.2) is 54.6 Å². The van der Waals surface area contributed by atoms with Gasteiger partial charge in [0.1, 0.15) is 11.6 Å². The highest BCUT2D eigenvalue weighted by Gasteiger charge is 2.25. The molecule has 0 fully saturated rings. The molecule has 0 radical (unpaired) electrons. The van der Waals surface area contributed by atoms with Crippen molar-refractivity contribution < 1.29 is 13.9 Å². The highest BCUT2D eigenvalue weighted by atomic mass is 19.1. The number of carbonyl (C=O) groups excluding carboxylic acids is 1. The minimum atomic E-state index is -0.354. The Morgan fingerprint density at radius 1 is 0.917 bits per heavy atom. The van der Waals surface area contributed by atoms with Gasteiger partial charge in [0.2, 0.25) is 0 Å². The molecule has 1 aromatic heterocycles. The van der Waals surface area contributed by atoms with Crippen LogP contribution in [0.3, 0.4) is 0 Å². The van der Waals surface area contributed by atoms with Gasteiger partial charge in [-0.15, -0.1) is 0 Å². The van der Waals surface area contributed by atoms with Crippen LogP contribution in [0.15, 0.2) is 84.9 Å². The number of nitrogens with zero attached hydrogens (tertiary/aromatic N) is 3. The van der Waals surface area contributed by atoms with Crippen molar-refractivity contribution in [3.05, 3.63) is 108 Å². The summed E-state index contributed by atoms with van der Waals surface area (Å²) >= 11 is 0. The first-order valence-electron chi connectivity index (χ1n) is 12.0. The second kappa shape index (κ2) is 11.2. The molecule has 1 heterocycles. The molecule has 186 valence electrons. The summed E-state index contributed by atoms with van der Waals surface area (Å²) in [5.74, 6) is 0.251. The summed E-state index contributed by atoms with van der Waals surface area (Å²) in [6.45, 7) is 3.66. The Kier molecular flexibility index (Phi) is 7.86. The Morgan fingerprint density at radius 2 is 1.64 bits per heavy atom. The summed E-state index contributed by atoms with van der Waals surface area (Å²) in [6.07, 6.45) is 0. The van der Waals surface area contributed by atoms with Crippen LogP contribution in [0, 0.1) is 12.7 Å². The fourth-order valence-corrected chi connectivity index (χ4v) is 4.31. The minimum Gasteiger partial charge on any atom is -0.497 e. The summed E-state index contributed by atoms with van der Waals surface area (Å²) in [5, 5.41) is 0. The third kappa shape index (κ3) is 5.50. The average Bonchev–Trinajstić information content (AvgIpc) is 3.23. The van der Waals surface area contributed by atoms with E-state index in [9.17, 15) is 4.79 Å². The van der Waals surface area contributed by atoms with Gasteiger partial charge in [-0.2, -0.15) is 0 Å². The van der Waals surface area contributed by atoms with Crippen LogP contribution in [0.4, 0.5) is 4.39 Å². The quantitative estimate of drug-likeness (QED) is 0.301. The lowest BCUT2D eigenvalue weighted by molar-refractivity contribution is 0.0731. The monoisotopic (exact) mass is 485 g/mol. The molecule has 0 unspecified atom stereocenters. The molecule has 4 aromatic rings. The fourth-order valence-electron chi connectivity index (χ4n) is 4.31. The first-order valence-corrected chi connectivity index (χ1v) is 12.0. The lowest BCUT2D eigenvalue weighted by Gasteiger charge is -2.25. The summed E-state index contributed by atoms with van der Waals surface area (Å²) in [7, 11) is 5.60. The number of hydrogen-bond donors (Lipinski definition) is 0. The van der Waals surface area contributed by atoms with Crippen molar-refractivity contribution in [3.63, 3.8) is 0 Å². The van der Waals surface area contributed by atoms with Gasteiger partial charge in [-0.1, -0.05) is 54.6 Å². The number of methoxy groups -OCH3 is 1. The van der Waals surface area contributed by atoms with E-state index in [4.69, 9.17) is 4.74 Å². The van der Waals surface area contributed by atoms with Crippen molar-refractivity contribution in [3.8, 4) is 22.7 Å². The number of halogens is 1. The molecule has 4 rings (SSSR count). The molecule has 6 heteroatoms. The molecule has 0 aliphatic carbocycles. The zero-order valence-corrected chi connectivity index (χ0v) is 21.2. The number of likely N-dealkylation sites (N-methyl/N-ethyl adjacent to an activating group) is 1. The van der Waals surface area contributed by atoms with E-state index >= 15 is 4.39 Å². The van der Waals surface area contributed by atoms with E-state index in [1.165, 1.54) is 6.07 Å². The molecule has 0 N–H and O–H groups in total. The van der Waals surface area contributed by atoms with Crippen LogP contribution in [0.25, 0.3) is 16.9 Å². The highest BCUT2D eigenvalue weighted by molar-refractivity contribution is 5.97. The van der Waals surface area contributed by atoms with Gasteiger partial charge >= 0.3 is 0 Å². The van der Waals surface area contributed by atoms with Gasteiger partial charge in [-0.3, -0.25) is 4.79 Å². The second-order valence-electron chi connectivity index (χ2n) is 9.06. The SMILES string of the molecule is COc1cccc(-c2cc(C(=O)N(CCN(C)C)Cc3ccccc3)c(C)n2-c2ccccc2F)c1. The smallest absolute Gasteiger partial charge is 0.256 e. The van der Waals surface area contributed by atoms with Gasteiger partial charge in [0, 0.05) is 30.9 Å². The summed E-state index contributed by atoms with van der Waals surface area (Å²) in [5.41, 5.74) is 4.25. The van der Waals surface area contributed by atoms with Crippen molar-refractivity contribution in [1.29, 1.82) is 0 Å². The third-order valence-corrected chi connectivity index (χ3v) is 6.26. The zero-order chi connectivity index (χ0) is 25.7. The fraction of sp³-hybridized carbons (Fsp3) is 0.233. The molecule has 0 atom stereocenters. The first-order chi connectivity index (χ1) is 17.4. The largest absolute Gasteiger partial charge is 0.497 e. The van der Waals surface area contributed by atoms with Crippen LogP contribution in [0.5, 0.6) is 5.75 Å². The number of aromatic nitrogens is 1. The van der Waals surface area contributed by atoms with Gasteiger partial charge in [0.25, 0.3) is 5.91 Å². The van der Waals surface area contributed by atoms with Crippen molar-refractivity contribution in [2.75, 3.05) is 34.3 Å². The zero-order valence-electron chi connectivity index (χ0n) is 21.2. The van der Waals surface area contributed by atoms with E-state index in [0.29, 0.717) is 35.8 Å². The standard InChI is InChI=1S/C30H32FN3O2/c1-22-26(30(35)33(18-17-32(2)3)21-23-11-6-5-7-12-23)20-29(24-13-10-14-25(19-24)36-4)34(22)28-16-9-8-15-27(28)31/h5-16,19-20H,17-18,21H2,1-4H3. The van der Waals surface area contributed by atoms with Gasteiger partial charge < -0.3 is 19.1 Å². The number of hydrogen-bond acceptors (Lipinski definition) is 3. The van der Waals surface area contributed by atoms with Gasteiger partial charge in [0.15, 0.2) is 0 Å². The molecule has 0 aliphatic rings. The lowest BCUT2D eigenvalue weighted by Crippen LogP contribution is -2.36. The summed E-state index contributed by atoms with van der Waals surface area (Å²) < 4.78 is 22.3. The van der Waals surface area contributed by atoms with Gasteiger partial charge in [-0.05, 0) is 56.9 Å². The van der Waals surface area contributed by atoms with Crippen LogP contribution in [0.2, 0.25) is 0 Å². The van der Waals surface area contributed by atoms with E-state index in [2.05, 4.69) is 4.90 Å². The van der Waals surface area contributed by atoms with Crippen LogP contribution in [-0.2, 0) is 6.54 Å². The maximum Gasteiger partial charge on any atom is 0.256 e. The molecular formula is C30H32FN3O2. The lowest BCUT2D eigenvalue weighted by atomic mass is 10.1. The van der Waals surface area contributed by atoms with Crippen molar-refractivity contribution in [2.24, 2.45) is 0 Å². The van der Waals surface area contributed by atoms with Crippen molar-refractivity contribution in [2.45, 2.75) is 13.5 Å². The van der Waals surface area contributed by atoms with E-state index in [-0.39, 0.29) is 11.7 Å². The molecule has 3 aromatic carbocycles. The predicted molar refractivity (Wildman–Crippen MR) is 142 cm³/mol. The Balaban J connectivity index is 1.83. The number of amides is 1. The molecular weight excluding hydrogens is 453 g/mol. The number of rotatable bonds is 9. The molecule has 0 spiro atoms. The van der Waals surface area contributed by atoms with E-state index in [0.717, 1.165) is 23.4 Å². The molecule has 36 heavy (non-hydrogen) atoms. The maximum atomic E-state index is 15.0. The van der Waals surface area contributed by atoms with Crippen LogP contribution < -0.4 is 4.74 Å². The number of carbonyl (C=O) groups is 1. The van der Waals surface area contributed by atoms with E-state index in [1.54, 1.807) is 25.3 Å². The molecule has 0 bridgehead atoms. The Labute approximate surface area is 212 Å². The maximum absolute atomic E-state index is 15.0. The summed E-state index contributed by atoms with van der Waals surface area (Å²) in [4.78, 5) is 17.9. The second-order valence-corrected chi connectivity index (χ2v) is 9.06. The van der Waals surface area contributed by atoms with Crippen LogP contribution >= 0.6 is 0 Å². The Hall–Kier alpha value is -3.90. The van der Waals surface area contributed by atoms with Gasteiger partial charge in [-0.25, -0.2) is 4.39 Å².